The molecule has 0 spiro atoms. The summed E-state index contributed by atoms with van der Waals surface area (Å²) in [6.45, 7) is 7.12. The summed E-state index contributed by atoms with van der Waals surface area (Å²) in [5.41, 5.74) is 8.27. The van der Waals surface area contributed by atoms with E-state index in [0.29, 0.717) is 6.54 Å². The van der Waals surface area contributed by atoms with Gasteiger partial charge in [-0.05, 0) is 28.7 Å². The lowest BCUT2D eigenvalue weighted by atomic mass is 9.83. The Hall–Kier alpha value is -1.02. The molecule has 2 N–H and O–H groups in total. The lowest BCUT2D eigenvalue weighted by Gasteiger charge is -2.23. The Morgan fingerprint density at radius 3 is 2.36 bits per heavy atom. The van der Waals surface area contributed by atoms with E-state index in [0.717, 1.165) is 5.75 Å². The highest BCUT2D eigenvalue weighted by molar-refractivity contribution is 5.39. The van der Waals surface area contributed by atoms with Crippen LogP contribution in [0.5, 0.6) is 5.75 Å². The highest BCUT2D eigenvalue weighted by Crippen LogP contribution is 2.29. The monoisotopic (exact) mass is 193 g/mol. The summed E-state index contributed by atoms with van der Waals surface area (Å²) in [5, 5.41) is 0. The summed E-state index contributed by atoms with van der Waals surface area (Å²) in [6, 6.07) is 6.07. The SMILES string of the molecule is COc1ccc(CN)c(C(C)(C)C)c1. The van der Waals surface area contributed by atoms with Gasteiger partial charge >= 0.3 is 0 Å². The molecule has 0 aromatic heterocycles. The van der Waals surface area contributed by atoms with E-state index in [2.05, 4.69) is 26.8 Å². The smallest absolute Gasteiger partial charge is 0.119 e. The Bertz CT molecular complexity index is 313. The first-order chi connectivity index (χ1) is 6.49. The van der Waals surface area contributed by atoms with Crippen LogP contribution in [0.15, 0.2) is 18.2 Å². The first kappa shape index (κ1) is 11.1. The first-order valence-electron chi connectivity index (χ1n) is 4.86. The maximum absolute atomic E-state index is 5.70. The van der Waals surface area contributed by atoms with Gasteiger partial charge in [-0.1, -0.05) is 26.8 Å². The Balaban J connectivity index is 3.22. The van der Waals surface area contributed by atoms with E-state index in [-0.39, 0.29) is 5.41 Å². The van der Waals surface area contributed by atoms with Crippen molar-refractivity contribution in [3.63, 3.8) is 0 Å². The molecule has 1 aromatic carbocycles. The molecule has 0 atom stereocenters. The van der Waals surface area contributed by atoms with Crippen molar-refractivity contribution in [2.75, 3.05) is 7.11 Å². The van der Waals surface area contributed by atoms with Gasteiger partial charge in [0.2, 0.25) is 0 Å². The van der Waals surface area contributed by atoms with Gasteiger partial charge in [-0.25, -0.2) is 0 Å². The highest BCUT2D eigenvalue weighted by Gasteiger charge is 2.17. The van der Waals surface area contributed by atoms with E-state index in [1.54, 1.807) is 7.11 Å². The highest BCUT2D eigenvalue weighted by atomic mass is 16.5. The predicted molar refractivity (Wildman–Crippen MR) is 59.6 cm³/mol. The number of rotatable bonds is 2. The molecule has 0 aliphatic rings. The quantitative estimate of drug-likeness (QED) is 0.783. The van der Waals surface area contributed by atoms with Crippen molar-refractivity contribution in [2.45, 2.75) is 32.7 Å². The van der Waals surface area contributed by atoms with Gasteiger partial charge in [0.15, 0.2) is 0 Å². The largest absolute Gasteiger partial charge is 0.497 e. The Labute approximate surface area is 86.1 Å². The minimum Gasteiger partial charge on any atom is -0.497 e. The van der Waals surface area contributed by atoms with Gasteiger partial charge in [0.25, 0.3) is 0 Å². The predicted octanol–water partition coefficient (Wildman–Crippen LogP) is 2.45. The van der Waals surface area contributed by atoms with Gasteiger partial charge in [0.1, 0.15) is 5.75 Å². The number of hydrogen-bond donors (Lipinski definition) is 1. The number of hydrogen-bond acceptors (Lipinski definition) is 2. The van der Waals surface area contributed by atoms with Gasteiger partial charge in [0, 0.05) is 6.54 Å². The summed E-state index contributed by atoms with van der Waals surface area (Å²) < 4.78 is 5.21. The molecule has 0 fully saturated rings. The second kappa shape index (κ2) is 4.01. The molecule has 2 heteroatoms. The van der Waals surface area contributed by atoms with Gasteiger partial charge in [0.05, 0.1) is 7.11 Å². The van der Waals surface area contributed by atoms with Crippen LogP contribution >= 0.6 is 0 Å². The van der Waals surface area contributed by atoms with Crippen LogP contribution in [0, 0.1) is 0 Å². The maximum atomic E-state index is 5.70. The molecule has 14 heavy (non-hydrogen) atoms. The van der Waals surface area contributed by atoms with Crippen LogP contribution in [0.3, 0.4) is 0 Å². The lowest BCUT2D eigenvalue weighted by Crippen LogP contribution is -2.16. The Morgan fingerprint density at radius 2 is 1.93 bits per heavy atom. The van der Waals surface area contributed by atoms with E-state index in [1.807, 2.05) is 12.1 Å². The molecule has 0 aliphatic heterocycles. The van der Waals surface area contributed by atoms with Crippen LogP contribution < -0.4 is 10.5 Å². The van der Waals surface area contributed by atoms with E-state index in [1.165, 1.54) is 11.1 Å². The van der Waals surface area contributed by atoms with Crippen molar-refractivity contribution in [3.05, 3.63) is 29.3 Å². The summed E-state index contributed by atoms with van der Waals surface area (Å²) >= 11 is 0. The zero-order valence-electron chi connectivity index (χ0n) is 9.42. The van der Waals surface area contributed by atoms with Crippen molar-refractivity contribution < 1.29 is 4.74 Å². The van der Waals surface area contributed by atoms with Crippen LogP contribution in [-0.4, -0.2) is 7.11 Å². The average molecular weight is 193 g/mol. The molecule has 0 unspecified atom stereocenters. The van der Waals surface area contributed by atoms with Crippen molar-refractivity contribution in [3.8, 4) is 5.75 Å². The third-order valence-electron chi connectivity index (χ3n) is 2.34. The molecule has 1 rings (SSSR count). The standard InChI is InChI=1S/C12H19NO/c1-12(2,3)11-7-10(14-4)6-5-9(11)8-13/h5-7H,8,13H2,1-4H3. The van der Waals surface area contributed by atoms with Crippen molar-refractivity contribution in [1.29, 1.82) is 0 Å². The molecule has 0 saturated heterocycles. The van der Waals surface area contributed by atoms with Gasteiger partial charge < -0.3 is 10.5 Å². The lowest BCUT2D eigenvalue weighted by molar-refractivity contribution is 0.412. The minimum atomic E-state index is 0.114. The fraction of sp³-hybridized carbons (Fsp3) is 0.500. The second-order valence-corrected chi connectivity index (χ2v) is 4.48. The normalized spacial score (nSPS) is 11.5. The van der Waals surface area contributed by atoms with E-state index >= 15 is 0 Å². The first-order valence-corrected chi connectivity index (χ1v) is 4.86. The molecule has 0 radical (unpaired) electrons. The maximum Gasteiger partial charge on any atom is 0.119 e. The zero-order valence-corrected chi connectivity index (χ0v) is 9.42. The van der Waals surface area contributed by atoms with Crippen LogP contribution in [-0.2, 0) is 12.0 Å². The Morgan fingerprint density at radius 1 is 1.29 bits per heavy atom. The van der Waals surface area contributed by atoms with Gasteiger partial charge in [-0.15, -0.1) is 0 Å². The van der Waals surface area contributed by atoms with E-state index in [4.69, 9.17) is 10.5 Å². The average Bonchev–Trinajstić information content (AvgIpc) is 2.15. The zero-order chi connectivity index (χ0) is 10.8. The third kappa shape index (κ3) is 2.26. The van der Waals surface area contributed by atoms with Crippen molar-refractivity contribution in [2.24, 2.45) is 5.73 Å². The summed E-state index contributed by atoms with van der Waals surface area (Å²) in [4.78, 5) is 0. The van der Waals surface area contributed by atoms with Crippen LogP contribution in [0.1, 0.15) is 31.9 Å². The molecule has 0 saturated carbocycles. The molecule has 78 valence electrons. The molecule has 1 aromatic rings. The minimum absolute atomic E-state index is 0.114. The fourth-order valence-corrected chi connectivity index (χ4v) is 1.56. The van der Waals surface area contributed by atoms with E-state index in [9.17, 15) is 0 Å². The summed E-state index contributed by atoms with van der Waals surface area (Å²) in [5.74, 6) is 0.895. The molecule has 0 amide bonds. The van der Waals surface area contributed by atoms with Crippen LogP contribution in [0.2, 0.25) is 0 Å². The number of benzene rings is 1. The summed E-state index contributed by atoms with van der Waals surface area (Å²) in [7, 11) is 1.68. The fourth-order valence-electron chi connectivity index (χ4n) is 1.56. The second-order valence-electron chi connectivity index (χ2n) is 4.48. The topological polar surface area (TPSA) is 35.2 Å². The number of methoxy groups -OCH3 is 1. The van der Waals surface area contributed by atoms with E-state index < -0.39 is 0 Å². The molecule has 0 aliphatic carbocycles. The molecular formula is C12H19NO. The van der Waals surface area contributed by atoms with Crippen molar-refractivity contribution >= 4 is 0 Å². The molecule has 0 heterocycles. The summed E-state index contributed by atoms with van der Waals surface area (Å²) in [6.07, 6.45) is 0. The molecular weight excluding hydrogens is 174 g/mol. The molecule has 2 nitrogen and oxygen atoms in total. The van der Waals surface area contributed by atoms with Crippen molar-refractivity contribution in [1.82, 2.24) is 0 Å². The number of ether oxygens (including phenoxy) is 1. The Kier molecular flexibility index (Phi) is 3.17. The van der Waals surface area contributed by atoms with Crippen LogP contribution in [0.25, 0.3) is 0 Å². The third-order valence-corrected chi connectivity index (χ3v) is 2.34. The number of nitrogens with two attached hydrogens (primary N) is 1. The molecule has 0 bridgehead atoms. The van der Waals surface area contributed by atoms with Gasteiger partial charge in [-0.2, -0.15) is 0 Å². The van der Waals surface area contributed by atoms with Gasteiger partial charge in [-0.3, -0.25) is 0 Å². The van der Waals surface area contributed by atoms with Crippen LogP contribution in [0.4, 0.5) is 0 Å².